The molecule has 0 bridgehead atoms. The van der Waals surface area contributed by atoms with Gasteiger partial charge in [0.25, 0.3) is 0 Å². The maximum Gasteiger partial charge on any atom is 0.208 e. The Bertz CT molecular complexity index is 994. The summed E-state index contributed by atoms with van der Waals surface area (Å²) in [6.45, 7) is 1.86. The smallest absolute Gasteiger partial charge is 0.208 e. The van der Waals surface area contributed by atoms with Gasteiger partial charge in [-0.2, -0.15) is 5.26 Å². The number of nitriles is 1. The van der Waals surface area contributed by atoms with Crippen LogP contribution in [0.15, 0.2) is 42.6 Å². The molecule has 0 amide bonds. The zero-order valence-electron chi connectivity index (χ0n) is 13.7. The fourth-order valence-corrected chi connectivity index (χ4v) is 2.76. The fraction of sp³-hybridized carbons (Fsp3) is 0.167. The number of hydrogen-bond acceptors (Lipinski definition) is 5. The summed E-state index contributed by atoms with van der Waals surface area (Å²) in [5.74, 6) is -2.26. The van der Waals surface area contributed by atoms with Gasteiger partial charge in [0.15, 0.2) is 11.6 Å². The zero-order valence-corrected chi connectivity index (χ0v) is 14.5. The van der Waals surface area contributed by atoms with Crippen molar-refractivity contribution in [3.05, 3.63) is 70.5 Å². The highest BCUT2D eigenvalue weighted by atomic mass is 35.5. The first kappa shape index (κ1) is 17.7. The number of benzene rings is 1. The zero-order chi connectivity index (χ0) is 18.7. The van der Waals surface area contributed by atoms with E-state index in [1.165, 1.54) is 10.7 Å². The summed E-state index contributed by atoms with van der Waals surface area (Å²) in [5, 5.41) is 18.0. The van der Waals surface area contributed by atoms with Crippen LogP contribution in [0.25, 0.3) is 5.69 Å². The van der Waals surface area contributed by atoms with E-state index in [1.54, 1.807) is 24.3 Å². The summed E-state index contributed by atoms with van der Waals surface area (Å²) in [4.78, 5) is 16.7. The molecule has 0 N–H and O–H groups in total. The van der Waals surface area contributed by atoms with Gasteiger partial charge in [0.05, 0.1) is 29.3 Å². The van der Waals surface area contributed by atoms with Crippen LogP contribution in [0.3, 0.4) is 0 Å². The normalized spacial score (nSPS) is 11.8. The number of hydrogen-bond donors (Lipinski definition) is 0. The van der Waals surface area contributed by atoms with Gasteiger partial charge in [-0.15, -0.1) is 5.10 Å². The highest BCUT2D eigenvalue weighted by molar-refractivity contribution is 6.30. The molecule has 0 saturated carbocycles. The summed E-state index contributed by atoms with van der Waals surface area (Å²) < 4.78 is 14.6. The molecule has 0 aliphatic heterocycles. The molecule has 0 saturated heterocycles. The lowest BCUT2D eigenvalue weighted by atomic mass is 9.97. The molecular weight excluding hydrogens is 357 g/mol. The molecular formula is C18H13ClFN5O. The molecule has 26 heavy (non-hydrogen) atoms. The number of carbonyl (C=O) groups excluding carboxylic acids is 1. The average Bonchev–Trinajstić information content (AvgIpc) is 3.08. The van der Waals surface area contributed by atoms with Crippen LogP contribution in [0.1, 0.15) is 34.7 Å². The van der Waals surface area contributed by atoms with Crippen molar-refractivity contribution in [3.63, 3.8) is 0 Å². The molecule has 3 rings (SSSR count). The number of carbonyl (C=O) groups is 1. The van der Waals surface area contributed by atoms with Crippen LogP contribution in [0.2, 0.25) is 5.02 Å². The van der Waals surface area contributed by atoms with E-state index in [0.29, 0.717) is 22.8 Å². The van der Waals surface area contributed by atoms with E-state index in [2.05, 4.69) is 15.3 Å². The molecule has 1 atom stereocenters. The largest absolute Gasteiger partial charge is 0.290 e. The topological polar surface area (TPSA) is 84.5 Å². The number of halogens is 2. The lowest BCUT2D eigenvalue weighted by molar-refractivity contribution is 0.0971. The van der Waals surface area contributed by atoms with Gasteiger partial charge in [-0.1, -0.05) is 29.8 Å². The third-order valence-electron chi connectivity index (χ3n) is 3.82. The first-order valence-electron chi connectivity index (χ1n) is 7.81. The second-order valence-electron chi connectivity index (χ2n) is 5.46. The summed E-state index contributed by atoms with van der Waals surface area (Å²) in [7, 11) is 0. The van der Waals surface area contributed by atoms with E-state index in [1.807, 2.05) is 13.0 Å². The molecule has 0 spiro atoms. The van der Waals surface area contributed by atoms with Crippen molar-refractivity contribution in [2.24, 2.45) is 0 Å². The summed E-state index contributed by atoms with van der Waals surface area (Å²) >= 11 is 6.01. The SMILES string of the molecule is CCc1c(C(=O)[C@H](C#N)c2ccc(F)cn2)nnn1-c1cccc(Cl)c1. The second kappa shape index (κ2) is 7.42. The first-order valence-corrected chi connectivity index (χ1v) is 8.18. The van der Waals surface area contributed by atoms with Crippen LogP contribution < -0.4 is 0 Å². The number of Topliss-reactive ketones (excluding diaryl/α,β-unsaturated/α-hetero) is 1. The van der Waals surface area contributed by atoms with Gasteiger partial charge in [-0.05, 0) is 36.8 Å². The third-order valence-corrected chi connectivity index (χ3v) is 4.06. The quantitative estimate of drug-likeness (QED) is 0.642. The van der Waals surface area contributed by atoms with E-state index in [9.17, 15) is 14.4 Å². The van der Waals surface area contributed by atoms with E-state index in [-0.39, 0.29) is 11.4 Å². The molecule has 0 aliphatic rings. The van der Waals surface area contributed by atoms with Gasteiger partial charge in [-0.25, -0.2) is 9.07 Å². The van der Waals surface area contributed by atoms with Crippen LogP contribution in [-0.2, 0) is 6.42 Å². The van der Waals surface area contributed by atoms with Crippen LogP contribution >= 0.6 is 11.6 Å². The minimum Gasteiger partial charge on any atom is -0.290 e. The average molecular weight is 370 g/mol. The number of pyridine rings is 1. The Morgan fingerprint density at radius 2 is 2.19 bits per heavy atom. The number of rotatable bonds is 5. The molecule has 0 radical (unpaired) electrons. The van der Waals surface area contributed by atoms with Crippen molar-refractivity contribution in [1.29, 1.82) is 5.26 Å². The van der Waals surface area contributed by atoms with Crippen molar-refractivity contribution >= 4 is 17.4 Å². The molecule has 2 aromatic heterocycles. The molecule has 0 unspecified atom stereocenters. The van der Waals surface area contributed by atoms with Gasteiger partial charge in [0.2, 0.25) is 5.78 Å². The minimum atomic E-state index is -1.19. The van der Waals surface area contributed by atoms with Crippen LogP contribution in [0.5, 0.6) is 0 Å². The lowest BCUT2D eigenvalue weighted by Gasteiger charge is -2.08. The van der Waals surface area contributed by atoms with Crippen LogP contribution in [0.4, 0.5) is 4.39 Å². The second-order valence-corrected chi connectivity index (χ2v) is 5.89. The van der Waals surface area contributed by atoms with E-state index in [0.717, 1.165) is 12.3 Å². The first-order chi connectivity index (χ1) is 12.5. The van der Waals surface area contributed by atoms with Crippen molar-refractivity contribution in [2.45, 2.75) is 19.3 Å². The molecule has 0 aliphatic carbocycles. The Balaban J connectivity index is 2.02. The predicted molar refractivity (Wildman–Crippen MR) is 92.6 cm³/mol. The van der Waals surface area contributed by atoms with Gasteiger partial charge in [-0.3, -0.25) is 9.78 Å². The maximum absolute atomic E-state index is 13.1. The van der Waals surface area contributed by atoms with E-state index >= 15 is 0 Å². The number of aromatic nitrogens is 4. The summed E-state index contributed by atoms with van der Waals surface area (Å²) in [6.07, 6.45) is 1.44. The molecule has 0 fully saturated rings. The summed E-state index contributed by atoms with van der Waals surface area (Å²) in [6, 6.07) is 11.4. The number of ketones is 1. The van der Waals surface area contributed by atoms with Crippen molar-refractivity contribution in [3.8, 4) is 11.8 Å². The van der Waals surface area contributed by atoms with Crippen LogP contribution in [0, 0.1) is 17.1 Å². The Kier molecular flexibility index (Phi) is 5.05. The van der Waals surface area contributed by atoms with Crippen LogP contribution in [-0.4, -0.2) is 25.8 Å². The van der Waals surface area contributed by atoms with Crippen molar-refractivity contribution in [1.82, 2.24) is 20.0 Å². The van der Waals surface area contributed by atoms with Gasteiger partial charge >= 0.3 is 0 Å². The van der Waals surface area contributed by atoms with Crippen molar-refractivity contribution < 1.29 is 9.18 Å². The Morgan fingerprint density at radius 1 is 1.38 bits per heavy atom. The molecule has 1 aromatic carbocycles. The monoisotopic (exact) mass is 369 g/mol. The molecule has 130 valence electrons. The van der Waals surface area contributed by atoms with Gasteiger partial charge in [0, 0.05) is 5.02 Å². The predicted octanol–water partition coefficient (Wildman–Crippen LogP) is 3.51. The molecule has 3 aromatic rings. The van der Waals surface area contributed by atoms with Gasteiger partial charge in [0.1, 0.15) is 5.82 Å². The van der Waals surface area contributed by atoms with E-state index in [4.69, 9.17) is 11.6 Å². The third kappa shape index (κ3) is 3.32. The Labute approximate surface area is 153 Å². The maximum atomic E-state index is 13.1. The van der Waals surface area contributed by atoms with Gasteiger partial charge < -0.3 is 0 Å². The fourth-order valence-electron chi connectivity index (χ4n) is 2.58. The van der Waals surface area contributed by atoms with Crippen molar-refractivity contribution in [2.75, 3.05) is 0 Å². The Hall–Kier alpha value is -3.11. The molecule has 8 heteroatoms. The Morgan fingerprint density at radius 3 is 2.81 bits per heavy atom. The lowest BCUT2D eigenvalue weighted by Crippen LogP contribution is -2.15. The highest BCUT2D eigenvalue weighted by Gasteiger charge is 2.29. The minimum absolute atomic E-state index is 0.0881. The summed E-state index contributed by atoms with van der Waals surface area (Å²) in [5.41, 5.74) is 1.47. The number of nitrogens with zero attached hydrogens (tertiary/aromatic N) is 5. The van der Waals surface area contributed by atoms with E-state index < -0.39 is 17.5 Å². The molecule has 6 nitrogen and oxygen atoms in total. The molecule has 2 heterocycles. The highest BCUT2D eigenvalue weighted by Crippen LogP contribution is 2.23. The standard InChI is InChI=1S/C18H13ClFN5O/c1-2-16-17(23-24-25(16)13-5-3-4-11(19)8-13)18(26)14(9-21)15-7-6-12(20)10-22-15/h3-8,10,14H,2H2,1H3/t14-/m1/s1.